The second kappa shape index (κ2) is 7.35. The Morgan fingerprint density at radius 3 is 2.76 bits per heavy atom. The number of rotatable bonds is 7. The number of likely N-dealkylation sites (N-methyl/N-ethyl adjacent to an activating group) is 1. The lowest BCUT2D eigenvalue weighted by Gasteiger charge is -2.21. The predicted molar refractivity (Wildman–Crippen MR) is 68.3 cm³/mol. The number of nitrogens with one attached hydrogen (secondary N) is 1. The van der Waals surface area contributed by atoms with Crippen LogP contribution in [0, 0.1) is 5.82 Å². The van der Waals surface area contributed by atoms with Gasteiger partial charge in [-0.05, 0) is 18.2 Å². The summed E-state index contributed by atoms with van der Waals surface area (Å²) in [6.45, 7) is 10.00. The molecule has 3 nitrogen and oxygen atoms in total. The molecule has 1 aromatic heterocycles. The molecule has 0 aliphatic carbocycles. The second-order valence-electron chi connectivity index (χ2n) is 4.49. The topological polar surface area (TPSA) is 28.2 Å². The third-order valence-electron chi connectivity index (χ3n) is 2.60. The quantitative estimate of drug-likeness (QED) is 0.789. The monoisotopic (exact) mass is 239 g/mol. The molecule has 4 heteroatoms. The Balaban J connectivity index is 2.41. The Morgan fingerprint density at radius 2 is 2.18 bits per heavy atom. The highest BCUT2D eigenvalue weighted by atomic mass is 19.1. The first-order valence-electron chi connectivity index (χ1n) is 6.17. The molecule has 0 amide bonds. The van der Waals surface area contributed by atoms with Crippen LogP contribution in [0.5, 0.6) is 0 Å². The van der Waals surface area contributed by atoms with Crippen molar-refractivity contribution in [3.63, 3.8) is 0 Å². The normalized spacial score (nSPS) is 11.4. The molecule has 0 aromatic carbocycles. The van der Waals surface area contributed by atoms with Gasteiger partial charge in [0.25, 0.3) is 0 Å². The summed E-state index contributed by atoms with van der Waals surface area (Å²) in [4.78, 5) is 6.13. The van der Waals surface area contributed by atoms with E-state index in [0.717, 1.165) is 31.7 Å². The van der Waals surface area contributed by atoms with E-state index in [2.05, 4.69) is 36.0 Å². The minimum Gasteiger partial charge on any atom is -0.313 e. The molecule has 17 heavy (non-hydrogen) atoms. The average molecular weight is 239 g/mol. The van der Waals surface area contributed by atoms with Gasteiger partial charge >= 0.3 is 0 Å². The summed E-state index contributed by atoms with van der Waals surface area (Å²) in [6, 6.07) is 2.05. The van der Waals surface area contributed by atoms with Crippen molar-refractivity contribution < 1.29 is 4.39 Å². The lowest BCUT2D eigenvalue weighted by atomic mass is 10.2. The summed E-state index contributed by atoms with van der Waals surface area (Å²) in [5.41, 5.74) is 0.927. The third-order valence-corrected chi connectivity index (χ3v) is 2.60. The van der Waals surface area contributed by atoms with Crippen molar-refractivity contribution >= 4 is 0 Å². The standard InChI is InChI=1S/C13H22FN3/c1-4-17(6-5-16-11(2)3)10-12-7-13(14)9-15-8-12/h7-9,11,16H,4-6,10H2,1-3H3. The van der Waals surface area contributed by atoms with Gasteiger partial charge in [0.15, 0.2) is 0 Å². The highest BCUT2D eigenvalue weighted by molar-refractivity contribution is 5.09. The van der Waals surface area contributed by atoms with E-state index in [0.29, 0.717) is 6.04 Å². The van der Waals surface area contributed by atoms with Crippen LogP contribution in [0.15, 0.2) is 18.5 Å². The summed E-state index contributed by atoms with van der Waals surface area (Å²) in [5.74, 6) is -0.265. The molecule has 0 saturated carbocycles. The van der Waals surface area contributed by atoms with Crippen LogP contribution < -0.4 is 5.32 Å². The molecular formula is C13H22FN3. The third kappa shape index (κ3) is 5.75. The Labute approximate surface area is 103 Å². The van der Waals surface area contributed by atoms with E-state index in [9.17, 15) is 4.39 Å². The molecule has 0 spiro atoms. The first-order valence-corrected chi connectivity index (χ1v) is 6.17. The van der Waals surface area contributed by atoms with Gasteiger partial charge in [-0.3, -0.25) is 9.88 Å². The molecule has 1 aromatic rings. The fraction of sp³-hybridized carbons (Fsp3) is 0.615. The largest absolute Gasteiger partial charge is 0.313 e. The maximum Gasteiger partial charge on any atom is 0.141 e. The Bertz CT molecular complexity index is 328. The number of pyridine rings is 1. The van der Waals surface area contributed by atoms with Crippen LogP contribution in [0.1, 0.15) is 26.3 Å². The van der Waals surface area contributed by atoms with Gasteiger partial charge in [-0.15, -0.1) is 0 Å². The molecule has 0 unspecified atom stereocenters. The van der Waals surface area contributed by atoms with Gasteiger partial charge < -0.3 is 5.32 Å². The zero-order valence-electron chi connectivity index (χ0n) is 10.9. The molecule has 0 radical (unpaired) electrons. The van der Waals surface area contributed by atoms with Crippen molar-refractivity contribution in [3.8, 4) is 0 Å². The van der Waals surface area contributed by atoms with Crippen molar-refractivity contribution in [2.24, 2.45) is 0 Å². The summed E-state index contributed by atoms with van der Waals surface area (Å²) in [5, 5.41) is 3.38. The number of nitrogens with zero attached hydrogens (tertiary/aromatic N) is 2. The highest BCUT2D eigenvalue weighted by Gasteiger charge is 2.05. The van der Waals surface area contributed by atoms with E-state index in [1.807, 2.05) is 0 Å². The van der Waals surface area contributed by atoms with Crippen molar-refractivity contribution in [1.29, 1.82) is 0 Å². The molecule has 0 aliphatic heterocycles. The minimum atomic E-state index is -0.265. The molecule has 1 rings (SSSR count). The lowest BCUT2D eigenvalue weighted by molar-refractivity contribution is 0.275. The van der Waals surface area contributed by atoms with Gasteiger partial charge in [0.1, 0.15) is 5.82 Å². The van der Waals surface area contributed by atoms with E-state index in [1.165, 1.54) is 6.20 Å². The molecule has 0 atom stereocenters. The second-order valence-corrected chi connectivity index (χ2v) is 4.49. The number of hydrogen-bond acceptors (Lipinski definition) is 3. The van der Waals surface area contributed by atoms with Crippen molar-refractivity contribution in [1.82, 2.24) is 15.2 Å². The van der Waals surface area contributed by atoms with Gasteiger partial charge in [0, 0.05) is 31.9 Å². The zero-order valence-corrected chi connectivity index (χ0v) is 10.9. The first kappa shape index (κ1) is 14.1. The van der Waals surface area contributed by atoms with Crippen LogP contribution >= 0.6 is 0 Å². The predicted octanol–water partition coefficient (Wildman–Crippen LogP) is 2.04. The molecule has 96 valence electrons. The minimum absolute atomic E-state index is 0.265. The summed E-state index contributed by atoms with van der Waals surface area (Å²) >= 11 is 0. The van der Waals surface area contributed by atoms with Crippen LogP contribution in [0.25, 0.3) is 0 Å². The fourth-order valence-corrected chi connectivity index (χ4v) is 1.66. The lowest BCUT2D eigenvalue weighted by Crippen LogP contribution is -2.34. The summed E-state index contributed by atoms with van der Waals surface area (Å²) in [6.07, 6.45) is 2.96. The van der Waals surface area contributed by atoms with Gasteiger partial charge in [0.05, 0.1) is 6.20 Å². The summed E-state index contributed by atoms with van der Waals surface area (Å²) < 4.78 is 13.0. The molecule has 0 bridgehead atoms. The van der Waals surface area contributed by atoms with Gasteiger partial charge in [-0.1, -0.05) is 20.8 Å². The first-order chi connectivity index (χ1) is 8.11. The maximum absolute atomic E-state index is 13.0. The number of hydrogen-bond donors (Lipinski definition) is 1. The van der Waals surface area contributed by atoms with Gasteiger partial charge in [0.2, 0.25) is 0 Å². The molecule has 0 fully saturated rings. The molecule has 0 saturated heterocycles. The fourth-order valence-electron chi connectivity index (χ4n) is 1.66. The Kier molecular flexibility index (Phi) is 6.08. The molecule has 1 N–H and O–H groups in total. The smallest absolute Gasteiger partial charge is 0.141 e. The molecular weight excluding hydrogens is 217 g/mol. The number of halogens is 1. The van der Waals surface area contributed by atoms with E-state index in [4.69, 9.17) is 0 Å². The zero-order chi connectivity index (χ0) is 12.7. The van der Waals surface area contributed by atoms with Crippen molar-refractivity contribution in [2.45, 2.75) is 33.4 Å². The molecule has 1 heterocycles. The van der Waals surface area contributed by atoms with Crippen LogP contribution in [0.4, 0.5) is 4.39 Å². The van der Waals surface area contributed by atoms with Gasteiger partial charge in [-0.25, -0.2) is 4.39 Å². The van der Waals surface area contributed by atoms with Crippen LogP contribution in [0.2, 0.25) is 0 Å². The van der Waals surface area contributed by atoms with Crippen LogP contribution in [0.3, 0.4) is 0 Å². The van der Waals surface area contributed by atoms with Crippen LogP contribution in [-0.2, 0) is 6.54 Å². The SMILES string of the molecule is CCN(CCNC(C)C)Cc1cncc(F)c1. The van der Waals surface area contributed by atoms with E-state index in [1.54, 1.807) is 12.3 Å². The van der Waals surface area contributed by atoms with E-state index >= 15 is 0 Å². The Hall–Kier alpha value is -1.00. The van der Waals surface area contributed by atoms with E-state index in [-0.39, 0.29) is 5.82 Å². The van der Waals surface area contributed by atoms with Crippen molar-refractivity contribution in [3.05, 3.63) is 29.8 Å². The highest BCUT2D eigenvalue weighted by Crippen LogP contribution is 2.04. The Morgan fingerprint density at radius 1 is 1.41 bits per heavy atom. The van der Waals surface area contributed by atoms with E-state index < -0.39 is 0 Å². The number of aromatic nitrogens is 1. The summed E-state index contributed by atoms with van der Waals surface area (Å²) in [7, 11) is 0. The van der Waals surface area contributed by atoms with Crippen LogP contribution in [-0.4, -0.2) is 35.6 Å². The van der Waals surface area contributed by atoms with Gasteiger partial charge in [-0.2, -0.15) is 0 Å². The van der Waals surface area contributed by atoms with Crippen molar-refractivity contribution in [2.75, 3.05) is 19.6 Å². The molecule has 0 aliphatic rings. The maximum atomic E-state index is 13.0. The average Bonchev–Trinajstić information content (AvgIpc) is 2.27.